The number of hydrogen-bond acceptors (Lipinski definition) is 10. The van der Waals surface area contributed by atoms with E-state index in [2.05, 4.69) is 9.97 Å². The van der Waals surface area contributed by atoms with E-state index in [0.717, 1.165) is 11.1 Å². The number of aromatic nitrogens is 2. The van der Waals surface area contributed by atoms with Gasteiger partial charge in [0.05, 0.1) is 41.3 Å². The molecule has 0 radical (unpaired) electrons. The van der Waals surface area contributed by atoms with Gasteiger partial charge in [0, 0.05) is 36.8 Å². The molecule has 0 amide bonds. The monoisotopic (exact) mass is 596 g/mol. The fourth-order valence-electron chi connectivity index (χ4n) is 4.67. The summed E-state index contributed by atoms with van der Waals surface area (Å²) in [7, 11) is 5.10. The molecule has 1 aromatic carbocycles. The Morgan fingerprint density at radius 1 is 0.674 bits per heavy atom. The second-order valence-corrected chi connectivity index (χ2v) is 9.60. The van der Waals surface area contributed by atoms with Crippen molar-refractivity contribution in [2.45, 2.75) is 51.6 Å². The molecular formula is C31H36N2O10. The lowest BCUT2D eigenvalue weighted by molar-refractivity contribution is -0.141. The Labute approximate surface area is 249 Å². The molecule has 0 unspecified atom stereocenters. The van der Waals surface area contributed by atoms with Gasteiger partial charge in [0.15, 0.2) is 0 Å². The summed E-state index contributed by atoms with van der Waals surface area (Å²) in [5.74, 6) is -2.59. The summed E-state index contributed by atoms with van der Waals surface area (Å²) >= 11 is 0. The predicted octanol–water partition coefficient (Wildman–Crippen LogP) is 2.93. The van der Waals surface area contributed by atoms with Gasteiger partial charge < -0.3 is 33.7 Å². The third kappa shape index (κ3) is 9.06. The summed E-state index contributed by atoms with van der Waals surface area (Å²) < 4.78 is 24.9. The van der Waals surface area contributed by atoms with Gasteiger partial charge in [-0.25, -0.2) is 4.79 Å². The van der Waals surface area contributed by atoms with E-state index in [4.69, 9.17) is 23.7 Å². The van der Waals surface area contributed by atoms with Crippen LogP contribution in [0.2, 0.25) is 0 Å². The van der Waals surface area contributed by atoms with Crippen LogP contribution in [0.4, 0.5) is 0 Å². The van der Waals surface area contributed by atoms with Gasteiger partial charge >= 0.3 is 29.8 Å². The van der Waals surface area contributed by atoms with E-state index >= 15 is 0 Å². The molecule has 0 saturated carbocycles. The van der Waals surface area contributed by atoms with Crippen molar-refractivity contribution in [3.63, 3.8) is 0 Å². The van der Waals surface area contributed by atoms with Crippen molar-refractivity contribution in [2.75, 3.05) is 28.4 Å². The van der Waals surface area contributed by atoms with E-state index in [1.54, 1.807) is 6.20 Å². The minimum Gasteiger partial charge on any atom is -0.469 e. The Morgan fingerprint density at radius 3 is 1.86 bits per heavy atom. The Hall–Kier alpha value is -4.87. The van der Waals surface area contributed by atoms with Crippen molar-refractivity contribution in [3.05, 3.63) is 81.4 Å². The number of nitrogens with one attached hydrogen (secondary N) is 2. The maximum Gasteiger partial charge on any atom is 0.355 e. The van der Waals surface area contributed by atoms with Gasteiger partial charge in [-0.2, -0.15) is 0 Å². The molecule has 0 fully saturated rings. The Morgan fingerprint density at radius 2 is 1.26 bits per heavy atom. The number of methoxy groups -OCH3 is 4. The summed E-state index contributed by atoms with van der Waals surface area (Å²) in [5.41, 5.74) is 4.23. The van der Waals surface area contributed by atoms with Crippen LogP contribution in [-0.4, -0.2) is 68.3 Å². The number of aryl methyl sites for hydroxylation is 1. The Kier molecular flexibility index (Phi) is 12.1. The van der Waals surface area contributed by atoms with Gasteiger partial charge in [-0.3, -0.25) is 19.2 Å². The SMILES string of the molecule is COC(=O)CCc1c[nH]c(Cc2[nH]c(C(=O)OCc3ccccc3)c(CCC(=O)OC)c2CC(=O)OC)c1CC(=O)OC. The highest BCUT2D eigenvalue weighted by atomic mass is 16.5. The molecule has 12 heteroatoms. The normalized spacial score (nSPS) is 10.6. The summed E-state index contributed by atoms with van der Waals surface area (Å²) in [6, 6.07) is 9.14. The maximum absolute atomic E-state index is 13.4. The zero-order chi connectivity index (χ0) is 31.4. The lowest BCUT2D eigenvalue weighted by Gasteiger charge is -2.10. The molecule has 0 saturated heterocycles. The van der Waals surface area contributed by atoms with Gasteiger partial charge in [-0.15, -0.1) is 0 Å². The van der Waals surface area contributed by atoms with E-state index in [1.165, 1.54) is 28.4 Å². The highest BCUT2D eigenvalue weighted by Crippen LogP contribution is 2.28. The Balaban J connectivity index is 2.05. The summed E-state index contributed by atoms with van der Waals surface area (Å²) in [6.45, 7) is 0.0142. The first kappa shape index (κ1) is 32.6. The van der Waals surface area contributed by atoms with E-state index in [9.17, 15) is 24.0 Å². The van der Waals surface area contributed by atoms with Crippen molar-refractivity contribution >= 4 is 29.8 Å². The number of rotatable bonds is 15. The van der Waals surface area contributed by atoms with Crippen molar-refractivity contribution in [2.24, 2.45) is 0 Å². The average Bonchev–Trinajstić information content (AvgIpc) is 3.57. The fraction of sp³-hybridized carbons (Fsp3) is 0.387. The highest BCUT2D eigenvalue weighted by molar-refractivity contribution is 5.91. The van der Waals surface area contributed by atoms with Crippen molar-refractivity contribution in [3.8, 4) is 0 Å². The minimum absolute atomic E-state index is 0.0142. The van der Waals surface area contributed by atoms with E-state index in [1.807, 2.05) is 30.3 Å². The molecule has 43 heavy (non-hydrogen) atoms. The average molecular weight is 597 g/mol. The van der Waals surface area contributed by atoms with Gasteiger partial charge in [0.25, 0.3) is 0 Å². The standard InChI is InChI=1S/C31H36N2O10/c1-39-26(34)12-10-20-17-32-24(22(20)14-28(36)41-3)16-25-23(15-29(37)42-4)21(11-13-27(35)40-2)30(33-25)31(38)43-18-19-8-6-5-7-9-19/h5-9,17,32-33H,10-16,18H2,1-4H3. The van der Waals surface area contributed by atoms with Crippen LogP contribution in [0.15, 0.2) is 36.5 Å². The molecular weight excluding hydrogens is 560 g/mol. The first-order valence-corrected chi connectivity index (χ1v) is 13.6. The fourth-order valence-corrected chi connectivity index (χ4v) is 4.67. The van der Waals surface area contributed by atoms with E-state index < -0.39 is 29.8 Å². The van der Waals surface area contributed by atoms with E-state index in [-0.39, 0.29) is 50.8 Å². The minimum atomic E-state index is -0.666. The second-order valence-electron chi connectivity index (χ2n) is 9.60. The molecule has 2 aromatic heterocycles. The second kappa shape index (κ2) is 15.9. The number of carbonyl (C=O) groups is 5. The first-order valence-electron chi connectivity index (χ1n) is 13.6. The molecule has 2 heterocycles. The third-order valence-corrected chi connectivity index (χ3v) is 6.98. The smallest absolute Gasteiger partial charge is 0.355 e. The van der Waals surface area contributed by atoms with Crippen molar-refractivity contribution in [1.29, 1.82) is 0 Å². The quantitative estimate of drug-likeness (QED) is 0.197. The molecule has 3 aromatic rings. The van der Waals surface area contributed by atoms with Crippen LogP contribution >= 0.6 is 0 Å². The van der Waals surface area contributed by atoms with Gasteiger partial charge in [-0.05, 0) is 40.7 Å². The molecule has 12 nitrogen and oxygen atoms in total. The lowest BCUT2D eigenvalue weighted by Crippen LogP contribution is -2.12. The van der Waals surface area contributed by atoms with Crippen LogP contribution in [0.5, 0.6) is 0 Å². The molecule has 0 spiro atoms. The molecule has 3 rings (SSSR count). The highest BCUT2D eigenvalue weighted by Gasteiger charge is 2.27. The number of benzene rings is 1. The van der Waals surface area contributed by atoms with E-state index in [0.29, 0.717) is 34.5 Å². The molecule has 0 atom stereocenters. The first-order chi connectivity index (χ1) is 20.7. The van der Waals surface area contributed by atoms with Gasteiger partial charge in [-0.1, -0.05) is 30.3 Å². The Bertz CT molecular complexity index is 1440. The summed E-state index contributed by atoms with van der Waals surface area (Å²) in [5, 5.41) is 0. The van der Waals surface area contributed by atoms with Gasteiger partial charge in [0.1, 0.15) is 12.3 Å². The molecule has 230 valence electrons. The van der Waals surface area contributed by atoms with Crippen LogP contribution < -0.4 is 0 Å². The third-order valence-electron chi connectivity index (χ3n) is 6.98. The van der Waals surface area contributed by atoms with Crippen LogP contribution in [0.1, 0.15) is 62.5 Å². The zero-order valence-electron chi connectivity index (χ0n) is 24.7. The number of esters is 5. The lowest BCUT2D eigenvalue weighted by atomic mass is 9.97. The largest absolute Gasteiger partial charge is 0.469 e. The van der Waals surface area contributed by atoms with Crippen LogP contribution in [0, 0.1) is 0 Å². The molecule has 0 aliphatic heterocycles. The van der Waals surface area contributed by atoms with Crippen molar-refractivity contribution in [1.82, 2.24) is 9.97 Å². The predicted molar refractivity (Wildman–Crippen MR) is 152 cm³/mol. The number of hydrogen-bond donors (Lipinski definition) is 2. The molecule has 2 N–H and O–H groups in total. The van der Waals surface area contributed by atoms with Crippen molar-refractivity contribution < 1.29 is 47.7 Å². The summed E-state index contributed by atoms with van der Waals surface area (Å²) in [4.78, 5) is 68.3. The number of ether oxygens (including phenoxy) is 5. The van der Waals surface area contributed by atoms with Crippen LogP contribution in [-0.2, 0) is 81.6 Å². The number of aromatic amines is 2. The van der Waals surface area contributed by atoms with Crippen LogP contribution in [0.3, 0.4) is 0 Å². The molecule has 0 aliphatic carbocycles. The maximum atomic E-state index is 13.4. The number of carbonyl (C=O) groups excluding carboxylic acids is 5. The summed E-state index contributed by atoms with van der Waals surface area (Å²) in [6.07, 6.45) is 2.06. The number of H-pyrrole nitrogens is 2. The molecule has 0 aliphatic rings. The topological polar surface area (TPSA) is 163 Å². The van der Waals surface area contributed by atoms with Gasteiger partial charge in [0.2, 0.25) is 0 Å². The molecule has 0 bridgehead atoms. The van der Waals surface area contributed by atoms with Crippen LogP contribution in [0.25, 0.3) is 0 Å². The zero-order valence-corrected chi connectivity index (χ0v) is 24.7.